The van der Waals surface area contributed by atoms with Crippen molar-refractivity contribution in [1.82, 2.24) is 14.9 Å². The Morgan fingerprint density at radius 2 is 2.10 bits per heavy atom. The first-order chi connectivity index (χ1) is 13.8. The quantitative estimate of drug-likeness (QED) is 0.359. The van der Waals surface area contributed by atoms with E-state index < -0.39 is 5.25 Å². The second-order valence-corrected chi connectivity index (χ2v) is 8.45. The summed E-state index contributed by atoms with van der Waals surface area (Å²) in [5.41, 5.74) is 3.11. The highest BCUT2D eigenvalue weighted by atomic mass is 35.5. The maximum absolute atomic E-state index is 13.4. The average molecular weight is 428 g/mol. The van der Waals surface area contributed by atoms with Crippen LogP contribution in [0.2, 0.25) is 5.02 Å². The molecule has 0 aliphatic rings. The molecule has 1 unspecified atom stereocenters. The Bertz CT molecular complexity index is 1160. The second kappa shape index (κ2) is 8.84. The van der Waals surface area contributed by atoms with Crippen molar-refractivity contribution in [1.29, 1.82) is 0 Å². The molecule has 29 heavy (non-hydrogen) atoms. The second-order valence-electron chi connectivity index (χ2n) is 6.71. The van der Waals surface area contributed by atoms with Crippen molar-refractivity contribution in [2.75, 3.05) is 6.54 Å². The Morgan fingerprint density at radius 3 is 2.83 bits per heavy atom. The maximum Gasteiger partial charge on any atom is 0.266 e. The van der Waals surface area contributed by atoms with Crippen molar-refractivity contribution in [2.24, 2.45) is 0 Å². The molecule has 1 N–H and O–H groups in total. The van der Waals surface area contributed by atoms with E-state index in [1.165, 1.54) is 11.8 Å². The number of carbonyl (C=O) groups excluding carboxylic acids is 1. The normalized spacial score (nSPS) is 12.0. The Labute approximate surface area is 178 Å². The van der Waals surface area contributed by atoms with Gasteiger partial charge in [-0.2, -0.15) is 0 Å². The standard InChI is InChI=1S/C22H22ClN3O2S/c1-5-11-24-20(27)15(4)29-22-25-18-12-16(23)9-10-17(18)21(28)26(22)19-8-6-7-13(2)14(19)3/h5-10,12,15H,1,11H2,2-4H3,(H,24,27). The molecule has 1 aromatic heterocycles. The van der Waals surface area contributed by atoms with E-state index in [9.17, 15) is 9.59 Å². The summed E-state index contributed by atoms with van der Waals surface area (Å²) >= 11 is 7.35. The summed E-state index contributed by atoms with van der Waals surface area (Å²) in [6.45, 7) is 9.74. The molecule has 3 rings (SSSR count). The van der Waals surface area contributed by atoms with Gasteiger partial charge in [-0.05, 0) is 56.2 Å². The van der Waals surface area contributed by atoms with Crippen LogP contribution >= 0.6 is 23.4 Å². The lowest BCUT2D eigenvalue weighted by Gasteiger charge is -2.18. The van der Waals surface area contributed by atoms with Crippen LogP contribution in [-0.2, 0) is 4.79 Å². The minimum atomic E-state index is -0.449. The number of benzene rings is 2. The highest BCUT2D eigenvalue weighted by molar-refractivity contribution is 8.00. The van der Waals surface area contributed by atoms with Crippen LogP contribution in [0.1, 0.15) is 18.1 Å². The van der Waals surface area contributed by atoms with E-state index in [-0.39, 0.29) is 11.5 Å². The summed E-state index contributed by atoms with van der Waals surface area (Å²) < 4.78 is 1.58. The van der Waals surface area contributed by atoms with Crippen molar-refractivity contribution < 1.29 is 4.79 Å². The third-order valence-electron chi connectivity index (χ3n) is 4.69. The van der Waals surface area contributed by atoms with E-state index >= 15 is 0 Å². The summed E-state index contributed by atoms with van der Waals surface area (Å²) in [6, 6.07) is 10.8. The average Bonchev–Trinajstić information content (AvgIpc) is 2.68. The van der Waals surface area contributed by atoms with Crippen molar-refractivity contribution in [3.63, 3.8) is 0 Å². The molecule has 1 atom stereocenters. The van der Waals surface area contributed by atoms with Gasteiger partial charge >= 0.3 is 0 Å². The monoisotopic (exact) mass is 427 g/mol. The van der Waals surface area contributed by atoms with Gasteiger partial charge in [0.25, 0.3) is 5.56 Å². The van der Waals surface area contributed by atoms with Gasteiger partial charge in [-0.25, -0.2) is 4.98 Å². The molecule has 3 aromatic rings. The number of thioether (sulfide) groups is 1. The van der Waals surface area contributed by atoms with Crippen LogP contribution in [0.15, 0.2) is 59.0 Å². The lowest BCUT2D eigenvalue weighted by atomic mass is 10.1. The minimum Gasteiger partial charge on any atom is -0.352 e. The van der Waals surface area contributed by atoms with Gasteiger partial charge in [0.2, 0.25) is 5.91 Å². The molecule has 0 aliphatic heterocycles. The number of amides is 1. The predicted molar refractivity (Wildman–Crippen MR) is 120 cm³/mol. The van der Waals surface area contributed by atoms with E-state index in [1.54, 1.807) is 35.8 Å². The summed E-state index contributed by atoms with van der Waals surface area (Å²) in [6.07, 6.45) is 1.62. The molecular formula is C22H22ClN3O2S. The van der Waals surface area contributed by atoms with E-state index in [4.69, 9.17) is 11.6 Å². The van der Waals surface area contributed by atoms with Crippen molar-refractivity contribution in [3.8, 4) is 5.69 Å². The molecule has 1 amide bonds. The first-order valence-electron chi connectivity index (χ1n) is 9.17. The number of carbonyl (C=O) groups is 1. The zero-order valence-electron chi connectivity index (χ0n) is 16.5. The van der Waals surface area contributed by atoms with Crippen LogP contribution in [0.25, 0.3) is 16.6 Å². The molecular weight excluding hydrogens is 406 g/mol. The number of hydrogen-bond donors (Lipinski definition) is 1. The first-order valence-corrected chi connectivity index (χ1v) is 10.4. The van der Waals surface area contributed by atoms with E-state index in [0.29, 0.717) is 27.6 Å². The van der Waals surface area contributed by atoms with Gasteiger partial charge in [0, 0.05) is 11.6 Å². The zero-order chi connectivity index (χ0) is 21.1. The minimum absolute atomic E-state index is 0.150. The Morgan fingerprint density at radius 1 is 1.34 bits per heavy atom. The summed E-state index contributed by atoms with van der Waals surface area (Å²) in [5, 5.41) is 3.75. The largest absolute Gasteiger partial charge is 0.352 e. The number of aromatic nitrogens is 2. The third-order valence-corrected chi connectivity index (χ3v) is 5.98. The number of aryl methyl sites for hydroxylation is 1. The van der Waals surface area contributed by atoms with E-state index in [0.717, 1.165) is 16.8 Å². The summed E-state index contributed by atoms with van der Waals surface area (Å²) in [4.78, 5) is 30.5. The fourth-order valence-electron chi connectivity index (χ4n) is 2.94. The number of nitrogens with one attached hydrogen (secondary N) is 1. The molecule has 0 saturated carbocycles. The van der Waals surface area contributed by atoms with Gasteiger partial charge in [0.15, 0.2) is 5.16 Å². The maximum atomic E-state index is 13.4. The molecule has 7 heteroatoms. The fourth-order valence-corrected chi connectivity index (χ4v) is 4.05. The number of nitrogens with zero attached hydrogens (tertiary/aromatic N) is 2. The third kappa shape index (κ3) is 4.38. The molecule has 0 saturated heterocycles. The molecule has 5 nitrogen and oxygen atoms in total. The molecule has 0 fully saturated rings. The van der Waals surface area contributed by atoms with E-state index in [1.807, 2.05) is 32.0 Å². The molecule has 0 aliphatic carbocycles. The van der Waals surface area contributed by atoms with Crippen molar-refractivity contribution >= 4 is 40.2 Å². The van der Waals surface area contributed by atoms with Crippen LogP contribution in [0.4, 0.5) is 0 Å². The van der Waals surface area contributed by atoms with Gasteiger partial charge in [0.1, 0.15) is 0 Å². The smallest absolute Gasteiger partial charge is 0.266 e. The Balaban J connectivity index is 2.21. The molecule has 150 valence electrons. The topological polar surface area (TPSA) is 64.0 Å². The molecule has 0 bridgehead atoms. The SMILES string of the molecule is C=CCNC(=O)C(C)Sc1nc2cc(Cl)ccc2c(=O)n1-c1cccc(C)c1C. The zero-order valence-corrected chi connectivity index (χ0v) is 18.1. The van der Waals surface area contributed by atoms with Gasteiger partial charge < -0.3 is 5.32 Å². The lowest BCUT2D eigenvalue weighted by molar-refractivity contribution is -0.120. The molecule has 0 spiro atoms. The number of fused-ring (bicyclic) bond motifs is 1. The lowest BCUT2D eigenvalue weighted by Crippen LogP contribution is -2.32. The number of hydrogen-bond acceptors (Lipinski definition) is 4. The van der Waals surface area contributed by atoms with Gasteiger partial charge in [-0.15, -0.1) is 6.58 Å². The molecule has 2 aromatic carbocycles. The summed E-state index contributed by atoms with van der Waals surface area (Å²) in [7, 11) is 0. The van der Waals surface area contributed by atoms with Gasteiger partial charge in [-0.3, -0.25) is 14.2 Å². The molecule has 1 heterocycles. The molecule has 0 radical (unpaired) electrons. The fraction of sp³-hybridized carbons (Fsp3) is 0.227. The Kier molecular flexibility index (Phi) is 6.45. The first kappa shape index (κ1) is 21.1. The number of rotatable bonds is 6. The van der Waals surface area contributed by atoms with Crippen molar-refractivity contribution in [3.05, 3.63) is 75.6 Å². The van der Waals surface area contributed by atoms with Crippen molar-refractivity contribution in [2.45, 2.75) is 31.2 Å². The highest BCUT2D eigenvalue weighted by Crippen LogP contribution is 2.28. The predicted octanol–water partition coefficient (Wildman–Crippen LogP) is 4.44. The number of halogens is 1. The van der Waals surface area contributed by atoms with Crippen LogP contribution in [-0.4, -0.2) is 27.3 Å². The van der Waals surface area contributed by atoms with Crippen LogP contribution < -0.4 is 10.9 Å². The highest BCUT2D eigenvalue weighted by Gasteiger charge is 2.21. The Hall–Kier alpha value is -2.57. The van der Waals surface area contributed by atoms with Crippen LogP contribution in [0.5, 0.6) is 0 Å². The van der Waals surface area contributed by atoms with Gasteiger partial charge in [-0.1, -0.05) is 41.6 Å². The van der Waals surface area contributed by atoms with Crippen LogP contribution in [0.3, 0.4) is 0 Å². The summed E-state index contributed by atoms with van der Waals surface area (Å²) in [5.74, 6) is -0.150. The van der Waals surface area contributed by atoms with Crippen LogP contribution in [0, 0.1) is 13.8 Å². The van der Waals surface area contributed by atoms with E-state index in [2.05, 4.69) is 16.9 Å². The van der Waals surface area contributed by atoms with Gasteiger partial charge in [0.05, 0.1) is 21.8 Å².